The summed E-state index contributed by atoms with van der Waals surface area (Å²) in [4.78, 5) is 12.2. The fraction of sp³-hybridized carbons (Fsp3) is 0.200. The predicted octanol–water partition coefficient (Wildman–Crippen LogP) is 4.85. The van der Waals surface area contributed by atoms with Gasteiger partial charge in [-0.15, -0.1) is 0 Å². The molecule has 0 bridgehead atoms. The summed E-state index contributed by atoms with van der Waals surface area (Å²) in [5.41, 5.74) is 5.19. The van der Waals surface area contributed by atoms with Crippen molar-refractivity contribution in [1.29, 1.82) is 0 Å². The highest BCUT2D eigenvalue weighted by Gasteiger charge is 2.14. The molecule has 4 rings (SSSR count). The minimum Gasteiger partial charge on any atom is -0.490 e. The van der Waals surface area contributed by atoms with Gasteiger partial charge in [0, 0.05) is 4.47 Å². The number of hydrogen-bond acceptors (Lipinski definition) is 6. The minimum absolute atomic E-state index is 0.182. The zero-order chi connectivity index (χ0) is 23.0. The van der Waals surface area contributed by atoms with Crippen LogP contribution >= 0.6 is 15.9 Å². The number of fused-ring (bicyclic) bond motifs is 1. The molecule has 3 aromatic carbocycles. The zero-order valence-electron chi connectivity index (χ0n) is 18.0. The number of carbonyl (C=O) groups is 1. The van der Waals surface area contributed by atoms with Crippen LogP contribution in [0.4, 0.5) is 0 Å². The molecule has 170 valence electrons. The van der Waals surface area contributed by atoms with E-state index in [1.54, 1.807) is 18.3 Å². The van der Waals surface area contributed by atoms with Gasteiger partial charge in [-0.3, -0.25) is 4.79 Å². The molecule has 0 aliphatic carbocycles. The van der Waals surface area contributed by atoms with Gasteiger partial charge in [-0.1, -0.05) is 34.1 Å². The second kappa shape index (κ2) is 10.9. The van der Waals surface area contributed by atoms with Crippen molar-refractivity contribution in [1.82, 2.24) is 5.43 Å². The van der Waals surface area contributed by atoms with E-state index < -0.39 is 0 Å². The van der Waals surface area contributed by atoms with Crippen LogP contribution < -0.4 is 24.4 Å². The monoisotopic (exact) mass is 510 g/mol. The summed E-state index contributed by atoms with van der Waals surface area (Å²) in [6.07, 6.45) is 1.75. The summed E-state index contributed by atoms with van der Waals surface area (Å²) < 4.78 is 23.3. The lowest BCUT2D eigenvalue weighted by molar-refractivity contribution is -0.120. The van der Waals surface area contributed by atoms with Crippen molar-refractivity contribution in [2.75, 3.05) is 13.4 Å². The number of benzene rings is 3. The lowest BCUT2D eigenvalue weighted by Crippen LogP contribution is -2.19. The fourth-order valence-electron chi connectivity index (χ4n) is 3.19. The smallest absolute Gasteiger partial charge is 0.244 e. The van der Waals surface area contributed by atoms with Gasteiger partial charge >= 0.3 is 0 Å². The van der Waals surface area contributed by atoms with Gasteiger partial charge < -0.3 is 18.9 Å². The van der Waals surface area contributed by atoms with Gasteiger partial charge in [0.1, 0.15) is 6.61 Å². The van der Waals surface area contributed by atoms with Crippen molar-refractivity contribution in [3.05, 3.63) is 81.8 Å². The van der Waals surface area contributed by atoms with Gasteiger partial charge in [0.15, 0.2) is 23.0 Å². The summed E-state index contributed by atoms with van der Waals surface area (Å²) in [7, 11) is 0. The average Bonchev–Trinajstić information content (AvgIpc) is 3.28. The molecule has 3 aromatic rings. The Balaban J connectivity index is 1.34. The molecule has 33 heavy (non-hydrogen) atoms. The van der Waals surface area contributed by atoms with Crippen molar-refractivity contribution in [3.63, 3.8) is 0 Å². The molecule has 1 N–H and O–H groups in total. The molecule has 8 heteroatoms. The highest BCUT2D eigenvalue weighted by atomic mass is 79.9. The molecule has 0 saturated heterocycles. The van der Waals surface area contributed by atoms with Gasteiger partial charge in [-0.2, -0.15) is 5.10 Å². The fourth-order valence-corrected chi connectivity index (χ4v) is 3.45. The third kappa shape index (κ3) is 6.26. The summed E-state index contributed by atoms with van der Waals surface area (Å²) in [6.45, 7) is 3.04. The Morgan fingerprint density at radius 2 is 1.79 bits per heavy atom. The van der Waals surface area contributed by atoms with Crippen LogP contribution in [0, 0.1) is 0 Å². The van der Waals surface area contributed by atoms with E-state index in [2.05, 4.69) is 26.5 Å². The summed E-state index contributed by atoms with van der Waals surface area (Å²) >= 11 is 3.43. The second-order valence-corrected chi connectivity index (χ2v) is 8.13. The van der Waals surface area contributed by atoms with Crippen molar-refractivity contribution < 1.29 is 23.7 Å². The first-order chi connectivity index (χ1) is 16.1. The molecular formula is C25H23BrN2O5. The van der Waals surface area contributed by atoms with Crippen LogP contribution in [0.3, 0.4) is 0 Å². The summed E-state index contributed by atoms with van der Waals surface area (Å²) in [5, 5.41) is 4.06. The van der Waals surface area contributed by atoms with Gasteiger partial charge in [-0.05, 0) is 66.1 Å². The maximum absolute atomic E-state index is 12.2. The van der Waals surface area contributed by atoms with Crippen LogP contribution in [0.5, 0.6) is 23.0 Å². The molecule has 1 aliphatic rings. The molecule has 0 saturated carbocycles. The largest absolute Gasteiger partial charge is 0.490 e. The second-order valence-electron chi connectivity index (χ2n) is 7.21. The number of hydrazone groups is 1. The first kappa shape index (κ1) is 22.7. The number of nitrogens with one attached hydrogen (secondary N) is 1. The van der Waals surface area contributed by atoms with Gasteiger partial charge in [-0.25, -0.2) is 5.43 Å². The van der Waals surface area contributed by atoms with E-state index in [0.717, 1.165) is 21.2 Å². The molecule has 0 atom stereocenters. The van der Waals surface area contributed by atoms with Gasteiger partial charge in [0.05, 0.1) is 19.2 Å². The lowest BCUT2D eigenvalue weighted by atomic mass is 10.1. The minimum atomic E-state index is -0.232. The van der Waals surface area contributed by atoms with Crippen molar-refractivity contribution in [2.45, 2.75) is 20.0 Å². The van der Waals surface area contributed by atoms with Crippen LogP contribution in [0.2, 0.25) is 0 Å². The maximum atomic E-state index is 12.2. The molecule has 0 spiro atoms. The molecular weight excluding hydrogens is 488 g/mol. The van der Waals surface area contributed by atoms with Crippen molar-refractivity contribution in [2.24, 2.45) is 5.10 Å². The van der Waals surface area contributed by atoms with Crippen molar-refractivity contribution in [3.8, 4) is 23.0 Å². The Bertz CT molecular complexity index is 1150. The molecule has 1 amide bonds. The number of amides is 1. The SMILES string of the molecule is CCOc1cc(/C=N/NC(=O)Cc2ccc3c(c2)OCO3)ccc1OCc1ccc(Br)cc1. The Hall–Kier alpha value is -3.52. The number of halogens is 1. The van der Waals surface area contributed by atoms with E-state index in [9.17, 15) is 4.79 Å². The molecule has 7 nitrogen and oxygen atoms in total. The molecule has 0 radical (unpaired) electrons. The van der Waals surface area contributed by atoms with Crippen molar-refractivity contribution >= 4 is 28.1 Å². The van der Waals surface area contributed by atoms with Gasteiger partial charge in [0.2, 0.25) is 12.7 Å². The molecule has 1 aliphatic heterocycles. The van der Waals surface area contributed by atoms with Gasteiger partial charge in [0.25, 0.3) is 0 Å². The van der Waals surface area contributed by atoms with Crippen LogP contribution in [0.25, 0.3) is 0 Å². The van der Waals surface area contributed by atoms with E-state index in [4.69, 9.17) is 18.9 Å². The highest BCUT2D eigenvalue weighted by Crippen LogP contribution is 2.32. The normalized spacial score (nSPS) is 12.1. The number of rotatable bonds is 9. The molecule has 0 unspecified atom stereocenters. The van der Waals surface area contributed by atoms with E-state index >= 15 is 0 Å². The third-order valence-corrected chi connectivity index (χ3v) is 5.31. The van der Waals surface area contributed by atoms with Crippen LogP contribution in [-0.2, 0) is 17.8 Å². The van der Waals surface area contributed by atoms with Crippen LogP contribution in [0.1, 0.15) is 23.6 Å². The summed E-state index contributed by atoms with van der Waals surface area (Å²) in [6, 6.07) is 18.9. The predicted molar refractivity (Wildman–Crippen MR) is 128 cm³/mol. The van der Waals surface area contributed by atoms with Crippen LogP contribution in [-0.4, -0.2) is 25.5 Å². The Morgan fingerprint density at radius 3 is 2.61 bits per heavy atom. The third-order valence-electron chi connectivity index (χ3n) is 4.78. The van der Waals surface area contributed by atoms with E-state index in [-0.39, 0.29) is 19.1 Å². The van der Waals surface area contributed by atoms with Crippen LogP contribution in [0.15, 0.2) is 70.2 Å². The molecule has 0 fully saturated rings. The maximum Gasteiger partial charge on any atom is 0.244 e. The number of hydrogen-bond donors (Lipinski definition) is 1. The summed E-state index contributed by atoms with van der Waals surface area (Å²) in [5.74, 6) is 2.36. The van der Waals surface area contributed by atoms with E-state index in [1.165, 1.54) is 0 Å². The topological polar surface area (TPSA) is 78.4 Å². The molecule has 1 heterocycles. The Morgan fingerprint density at radius 1 is 1.00 bits per heavy atom. The Labute approximate surface area is 200 Å². The number of ether oxygens (including phenoxy) is 4. The zero-order valence-corrected chi connectivity index (χ0v) is 19.6. The lowest BCUT2D eigenvalue weighted by Gasteiger charge is -2.12. The van der Waals surface area contributed by atoms with E-state index in [1.807, 2.05) is 55.5 Å². The number of nitrogens with zero attached hydrogens (tertiary/aromatic N) is 1. The first-order valence-electron chi connectivity index (χ1n) is 10.4. The van der Waals surface area contributed by atoms with E-state index in [0.29, 0.717) is 36.2 Å². The molecule has 0 aromatic heterocycles. The average molecular weight is 511 g/mol. The quantitative estimate of drug-likeness (QED) is 0.329. The Kier molecular flexibility index (Phi) is 7.47. The highest BCUT2D eigenvalue weighted by molar-refractivity contribution is 9.10. The first-order valence-corrected chi connectivity index (χ1v) is 11.2. The number of carbonyl (C=O) groups excluding carboxylic acids is 1. The standard InChI is InChI=1S/C25H23BrN2O5/c1-2-30-23-12-19(6-10-21(23)31-15-17-3-7-20(26)8-4-17)14-27-28-25(29)13-18-5-9-22-24(11-18)33-16-32-22/h3-12,14H,2,13,15-16H2,1H3,(H,28,29)/b27-14+.